The Balaban J connectivity index is 1.65. The van der Waals surface area contributed by atoms with Crippen LogP contribution >= 0.6 is 0 Å². The Kier molecular flexibility index (Phi) is 7.55. The zero-order valence-electron chi connectivity index (χ0n) is 19.3. The fraction of sp³-hybridized carbons (Fsp3) is 0.321. The molecule has 0 N–H and O–H groups in total. The molecule has 7 heteroatoms. The third kappa shape index (κ3) is 6.09. The van der Waals surface area contributed by atoms with Crippen LogP contribution in [0.4, 0.5) is 17.6 Å². The summed E-state index contributed by atoms with van der Waals surface area (Å²) >= 11 is 0. The number of benzene rings is 3. The Morgan fingerprint density at radius 2 is 1.60 bits per heavy atom. The van der Waals surface area contributed by atoms with Gasteiger partial charge < -0.3 is 9.64 Å². The molecule has 0 radical (unpaired) electrons. The number of carbonyl (C=O) groups excluding carboxylic acids is 1. The lowest BCUT2D eigenvalue weighted by molar-refractivity contribution is -0.137. The molecule has 3 aromatic carbocycles. The van der Waals surface area contributed by atoms with Gasteiger partial charge in [-0.3, -0.25) is 4.79 Å². The first-order valence-electron chi connectivity index (χ1n) is 11.6. The van der Waals surface area contributed by atoms with Gasteiger partial charge in [0.25, 0.3) is 0 Å². The molecule has 0 aromatic heterocycles. The molecule has 3 nitrogen and oxygen atoms in total. The van der Waals surface area contributed by atoms with Gasteiger partial charge >= 0.3 is 6.18 Å². The van der Waals surface area contributed by atoms with E-state index >= 15 is 0 Å². The number of halogens is 4. The first-order chi connectivity index (χ1) is 16.7. The van der Waals surface area contributed by atoms with Gasteiger partial charge in [-0.1, -0.05) is 60.7 Å². The third-order valence-electron chi connectivity index (χ3n) is 6.53. The number of nitrogens with zero attached hydrogens (tertiary/aromatic N) is 1. The van der Waals surface area contributed by atoms with Gasteiger partial charge in [-0.05, 0) is 41.3 Å². The highest BCUT2D eigenvalue weighted by Crippen LogP contribution is 2.39. The lowest BCUT2D eigenvalue weighted by atomic mass is 9.75. The van der Waals surface area contributed by atoms with E-state index in [9.17, 15) is 22.4 Å². The van der Waals surface area contributed by atoms with Crippen LogP contribution in [0.5, 0.6) is 0 Å². The van der Waals surface area contributed by atoms with Crippen LogP contribution in [0.1, 0.15) is 41.5 Å². The van der Waals surface area contributed by atoms with Gasteiger partial charge in [-0.25, -0.2) is 4.39 Å². The lowest BCUT2D eigenvalue weighted by Crippen LogP contribution is -2.48. The first-order valence-corrected chi connectivity index (χ1v) is 11.6. The molecule has 0 bridgehead atoms. The normalized spacial score (nSPS) is 18.6. The topological polar surface area (TPSA) is 29.5 Å². The van der Waals surface area contributed by atoms with Crippen molar-refractivity contribution < 1.29 is 27.1 Å². The zero-order chi connectivity index (χ0) is 25.0. The molecule has 4 rings (SSSR count). The minimum atomic E-state index is -4.64. The van der Waals surface area contributed by atoms with Crippen molar-refractivity contribution in [2.45, 2.75) is 38.1 Å². The Bertz CT molecular complexity index is 1100. The van der Waals surface area contributed by atoms with E-state index in [-0.39, 0.29) is 36.0 Å². The maximum atomic E-state index is 13.9. The molecule has 0 saturated carbocycles. The summed E-state index contributed by atoms with van der Waals surface area (Å²) in [6, 6.07) is 22.3. The second kappa shape index (κ2) is 10.6. The molecule has 2 atom stereocenters. The SMILES string of the molecule is CC(=O)N1CC[C@@H](OCc2cc(F)cc(C(F)(F)F)c2)[C@@H](C(c2ccccc2)c2ccccc2)C1. The maximum Gasteiger partial charge on any atom is 0.416 e. The molecule has 1 fully saturated rings. The molecule has 35 heavy (non-hydrogen) atoms. The number of carbonyl (C=O) groups is 1. The monoisotopic (exact) mass is 485 g/mol. The van der Waals surface area contributed by atoms with E-state index in [1.165, 1.54) is 6.92 Å². The summed E-state index contributed by atoms with van der Waals surface area (Å²) in [7, 11) is 0. The number of rotatable bonds is 6. The van der Waals surface area contributed by atoms with Gasteiger partial charge in [0, 0.05) is 31.8 Å². The molecule has 0 spiro atoms. The Morgan fingerprint density at radius 3 is 2.14 bits per heavy atom. The Morgan fingerprint density at radius 1 is 1.00 bits per heavy atom. The van der Waals surface area contributed by atoms with Gasteiger partial charge in [0.2, 0.25) is 5.91 Å². The van der Waals surface area contributed by atoms with Crippen molar-refractivity contribution in [3.63, 3.8) is 0 Å². The number of amides is 1. The van der Waals surface area contributed by atoms with Gasteiger partial charge in [0.1, 0.15) is 5.82 Å². The van der Waals surface area contributed by atoms with E-state index in [1.54, 1.807) is 4.90 Å². The van der Waals surface area contributed by atoms with Gasteiger partial charge in [0.15, 0.2) is 0 Å². The molecule has 0 aliphatic carbocycles. The van der Waals surface area contributed by atoms with Crippen LogP contribution in [0, 0.1) is 11.7 Å². The minimum absolute atomic E-state index is 0.0340. The van der Waals surface area contributed by atoms with E-state index in [1.807, 2.05) is 60.7 Å². The molecule has 1 heterocycles. The predicted molar refractivity (Wildman–Crippen MR) is 125 cm³/mol. The summed E-state index contributed by atoms with van der Waals surface area (Å²) in [5, 5.41) is 0. The number of ether oxygens (including phenoxy) is 1. The molecule has 0 unspecified atom stereocenters. The van der Waals surface area contributed by atoms with Crippen LogP contribution in [0.15, 0.2) is 78.9 Å². The van der Waals surface area contributed by atoms with E-state index in [0.29, 0.717) is 25.6 Å². The number of likely N-dealkylation sites (tertiary alicyclic amines) is 1. The number of hydrogen-bond acceptors (Lipinski definition) is 2. The molecule has 184 valence electrons. The Hall–Kier alpha value is -3.19. The standard InChI is InChI=1S/C28H27F4NO2/c1-19(34)33-13-12-26(35-18-20-14-23(28(30,31)32)16-24(29)15-20)25(17-33)27(21-8-4-2-5-9-21)22-10-6-3-7-11-22/h2-11,14-16,25-27H,12-13,17-18H2,1H3/t25-,26+/m0/s1. The van der Waals surface area contributed by atoms with E-state index in [0.717, 1.165) is 23.3 Å². The Labute approximate surface area is 202 Å². The van der Waals surface area contributed by atoms with Crippen LogP contribution in [-0.2, 0) is 22.3 Å². The minimum Gasteiger partial charge on any atom is -0.373 e. The lowest BCUT2D eigenvalue weighted by Gasteiger charge is -2.42. The van der Waals surface area contributed by atoms with Crippen molar-refractivity contribution in [3.8, 4) is 0 Å². The van der Waals surface area contributed by atoms with Gasteiger partial charge in [-0.2, -0.15) is 13.2 Å². The second-order valence-corrected chi connectivity index (χ2v) is 8.91. The average molecular weight is 486 g/mol. The maximum absolute atomic E-state index is 13.9. The predicted octanol–water partition coefficient (Wildman–Crippen LogP) is 6.43. The summed E-state index contributed by atoms with van der Waals surface area (Å²) in [4.78, 5) is 14.0. The highest BCUT2D eigenvalue weighted by molar-refractivity contribution is 5.73. The second-order valence-electron chi connectivity index (χ2n) is 8.91. The fourth-order valence-corrected chi connectivity index (χ4v) is 4.88. The highest BCUT2D eigenvalue weighted by atomic mass is 19.4. The van der Waals surface area contributed by atoms with Crippen LogP contribution in [0.25, 0.3) is 0 Å². The first kappa shape index (κ1) is 24.9. The summed E-state index contributed by atoms with van der Waals surface area (Å²) in [5.74, 6) is -1.23. The zero-order valence-corrected chi connectivity index (χ0v) is 19.3. The van der Waals surface area contributed by atoms with Crippen LogP contribution in [0.3, 0.4) is 0 Å². The van der Waals surface area contributed by atoms with Crippen LogP contribution in [0.2, 0.25) is 0 Å². The smallest absolute Gasteiger partial charge is 0.373 e. The van der Waals surface area contributed by atoms with Crippen molar-refractivity contribution >= 4 is 5.91 Å². The van der Waals surface area contributed by atoms with Crippen molar-refractivity contribution in [2.24, 2.45) is 5.92 Å². The van der Waals surface area contributed by atoms with Crippen molar-refractivity contribution in [3.05, 3.63) is 107 Å². The van der Waals surface area contributed by atoms with Crippen molar-refractivity contribution in [2.75, 3.05) is 13.1 Å². The fourth-order valence-electron chi connectivity index (χ4n) is 4.88. The molecule has 1 aliphatic heterocycles. The van der Waals surface area contributed by atoms with E-state index in [4.69, 9.17) is 4.74 Å². The quantitative estimate of drug-likeness (QED) is 0.377. The number of hydrogen-bond donors (Lipinski definition) is 0. The summed E-state index contributed by atoms with van der Waals surface area (Å²) in [6.45, 7) is 2.32. The van der Waals surface area contributed by atoms with E-state index < -0.39 is 17.6 Å². The molecule has 1 amide bonds. The molecular weight excluding hydrogens is 458 g/mol. The van der Waals surface area contributed by atoms with Crippen molar-refractivity contribution in [1.82, 2.24) is 4.90 Å². The number of alkyl halides is 3. The van der Waals surface area contributed by atoms with Crippen LogP contribution < -0.4 is 0 Å². The summed E-state index contributed by atoms with van der Waals surface area (Å²) in [5.41, 5.74) is 1.21. The average Bonchev–Trinajstić information content (AvgIpc) is 2.84. The summed E-state index contributed by atoms with van der Waals surface area (Å²) in [6.07, 6.45) is -4.45. The van der Waals surface area contributed by atoms with Gasteiger partial charge in [0.05, 0.1) is 18.3 Å². The number of piperidine rings is 1. The van der Waals surface area contributed by atoms with Crippen molar-refractivity contribution in [1.29, 1.82) is 0 Å². The third-order valence-corrected chi connectivity index (χ3v) is 6.53. The van der Waals surface area contributed by atoms with E-state index in [2.05, 4.69) is 0 Å². The highest BCUT2D eigenvalue weighted by Gasteiger charge is 2.38. The molecular formula is C28H27F4NO2. The summed E-state index contributed by atoms with van der Waals surface area (Å²) < 4.78 is 59.6. The molecule has 1 aliphatic rings. The molecule has 1 saturated heterocycles. The van der Waals surface area contributed by atoms with Crippen LogP contribution in [-0.4, -0.2) is 30.0 Å². The van der Waals surface area contributed by atoms with Gasteiger partial charge in [-0.15, -0.1) is 0 Å². The largest absolute Gasteiger partial charge is 0.416 e. The molecule has 3 aromatic rings.